The molecule has 0 saturated heterocycles. The van der Waals surface area contributed by atoms with Crippen LogP contribution in [0, 0.1) is 5.41 Å². The average molecular weight is 173 g/mol. The Labute approximate surface area is 76.6 Å². The second-order valence-electron chi connectivity index (χ2n) is 4.49. The molecule has 0 aliphatic heterocycles. The molecule has 0 radical (unpaired) electrons. The first-order valence-electron chi connectivity index (χ1n) is 4.74. The van der Waals surface area contributed by atoms with Crippen molar-refractivity contribution in [1.29, 1.82) is 0 Å². The maximum atomic E-state index is 9.07. The Kier molecular flexibility index (Phi) is 4.80. The van der Waals surface area contributed by atoms with Crippen LogP contribution in [0.1, 0.15) is 34.1 Å². The molecule has 0 aromatic rings. The molecule has 74 valence electrons. The van der Waals surface area contributed by atoms with Gasteiger partial charge in [0.25, 0.3) is 0 Å². The van der Waals surface area contributed by atoms with Crippen molar-refractivity contribution < 1.29 is 5.11 Å². The summed E-state index contributed by atoms with van der Waals surface area (Å²) in [6.45, 7) is 9.80. The number of aliphatic hydroxyl groups is 1. The Morgan fingerprint density at radius 1 is 1.42 bits per heavy atom. The van der Waals surface area contributed by atoms with Gasteiger partial charge in [0.1, 0.15) is 0 Å². The molecule has 0 aromatic heterocycles. The Morgan fingerprint density at radius 2 is 1.92 bits per heavy atom. The van der Waals surface area contributed by atoms with E-state index in [1.54, 1.807) is 0 Å². The minimum atomic E-state index is 0.0260. The highest BCUT2D eigenvalue weighted by atomic mass is 16.3. The molecule has 0 aliphatic rings. The maximum Gasteiger partial charge on any atom is 0.0494 e. The number of hydrogen-bond donors (Lipinski definition) is 1. The van der Waals surface area contributed by atoms with Gasteiger partial charge in [-0.3, -0.25) is 0 Å². The molecule has 1 N–H and O–H groups in total. The normalized spacial score (nSPS) is 15.2. The van der Waals surface area contributed by atoms with Crippen LogP contribution in [0.15, 0.2) is 0 Å². The van der Waals surface area contributed by atoms with E-state index in [1.165, 1.54) is 0 Å². The van der Waals surface area contributed by atoms with E-state index >= 15 is 0 Å². The van der Waals surface area contributed by atoms with Crippen molar-refractivity contribution in [2.45, 2.75) is 40.2 Å². The summed E-state index contributed by atoms with van der Waals surface area (Å²) in [5.74, 6) is 0. The third kappa shape index (κ3) is 4.07. The molecule has 1 unspecified atom stereocenters. The van der Waals surface area contributed by atoms with E-state index in [9.17, 15) is 0 Å². The second kappa shape index (κ2) is 4.83. The van der Waals surface area contributed by atoms with Crippen LogP contribution in [-0.2, 0) is 0 Å². The molecule has 0 fully saturated rings. The van der Waals surface area contributed by atoms with E-state index in [4.69, 9.17) is 5.11 Å². The third-order valence-corrected chi connectivity index (χ3v) is 2.45. The van der Waals surface area contributed by atoms with Crippen LogP contribution in [-0.4, -0.2) is 36.2 Å². The molecule has 1 atom stereocenters. The lowest BCUT2D eigenvalue weighted by Crippen LogP contribution is -2.38. The zero-order valence-electron chi connectivity index (χ0n) is 9.09. The third-order valence-electron chi connectivity index (χ3n) is 2.45. The molecule has 2 heteroatoms. The van der Waals surface area contributed by atoms with Crippen molar-refractivity contribution in [1.82, 2.24) is 4.90 Å². The molecule has 12 heavy (non-hydrogen) atoms. The highest BCUT2D eigenvalue weighted by Crippen LogP contribution is 2.16. The summed E-state index contributed by atoms with van der Waals surface area (Å²) in [6.07, 6.45) is 1.16. The Balaban J connectivity index is 3.90. The summed E-state index contributed by atoms with van der Waals surface area (Å²) in [7, 11) is 2.12. The fourth-order valence-electron chi connectivity index (χ4n) is 1.19. The first-order chi connectivity index (χ1) is 5.43. The van der Waals surface area contributed by atoms with Crippen LogP contribution in [0.2, 0.25) is 0 Å². The van der Waals surface area contributed by atoms with Crippen LogP contribution in [0.5, 0.6) is 0 Å². The topological polar surface area (TPSA) is 23.5 Å². The van der Waals surface area contributed by atoms with Crippen molar-refractivity contribution in [3.63, 3.8) is 0 Å². The molecule has 2 nitrogen and oxygen atoms in total. The lowest BCUT2D eigenvalue weighted by molar-refractivity contribution is 0.0976. The van der Waals surface area contributed by atoms with Gasteiger partial charge in [-0.05, 0) is 20.4 Å². The zero-order valence-corrected chi connectivity index (χ0v) is 9.09. The predicted molar refractivity (Wildman–Crippen MR) is 53.2 cm³/mol. The highest BCUT2D eigenvalue weighted by molar-refractivity contribution is 4.73. The lowest BCUT2D eigenvalue weighted by Gasteiger charge is -2.32. The molecule has 0 aliphatic carbocycles. The first-order valence-corrected chi connectivity index (χ1v) is 4.74. The molecule has 0 heterocycles. The second-order valence-corrected chi connectivity index (χ2v) is 4.49. The molecule has 0 spiro atoms. The van der Waals surface area contributed by atoms with Crippen LogP contribution >= 0.6 is 0 Å². The van der Waals surface area contributed by atoms with E-state index in [0.29, 0.717) is 6.04 Å². The smallest absolute Gasteiger partial charge is 0.0494 e. The fourth-order valence-corrected chi connectivity index (χ4v) is 1.19. The Morgan fingerprint density at radius 3 is 2.25 bits per heavy atom. The number of aliphatic hydroxyl groups excluding tert-OH is 1. The van der Waals surface area contributed by atoms with Crippen LogP contribution in [0.25, 0.3) is 0 Å². The van der Waals surface area contributed by atoms with Crippen molar-refractivity contribution >= 4 is 0 Å². The molecule has 0 amide bonds. The molecular formula is C10H23NO. The van der Waals surface area contributed by atoms with Gasteiger partial charge < -0.3 is 10.0 Å². The maximum absolute atomic E-state index is 9.07. The standard InChI is InChI=1S/C10H23NO/c1-6-9(2)11(5)7-10(3,4)8-12/h9,12H,6-8H2,1-5H3. The van der Waals surface area contributed by atoms with Gasteiger partial charge in [-0.25, -0.2) is 0 Å². The summed E-state index contributed by atoms with van der Waals surface area (Å²) in [5, 5.41) is 9.07. The van der Waals surface area contributed by atoms with Gasteiger partial charge in [-0.1, -0.05) is 20.8 Å². The minimum absolute atomic E-state index is 0.0260. The minimum Gasteiger partial charge on any atom is -0.396 e. The molecule has 0 saturated carbocycles. The summed E-state index contributed by atoms with van der Waals surface area (Å²) < 4.78 is 0. The zero-order chi connectivity index (χ0) is 9.78. The highest BCUT2D eigenvalue weighted by Gasteiger charge is 2.20. The molecule has 0 aromatic carbocycles. The molecular weight excluding hydrogens is 150 g/mol. The largest absolute Gasteiger partial charge is 0.396 e. The number of rotatable bonds is 5. The first kappa shape index (κ1) is 11.9. The number of hydrogen-bond acceptors (Lipinski definition) is 2. The quantitative estimate of drug-likeness (QED) is 0.684. The molecule has 0 bridgehead atoms. The van der Waals surface area contributed by atoms with E-state index in [0.717, 1.165) is 13.0 Å². The summed E-state index contributed by atoms with van der Waals surface area (Å²) in [6, 6.07) is 0.607. The van der Waals surface area contributed by atoms with Crippen LogP contribution < -0.4 is 0 Å². The van der Waals surface area contributed by atoms with Gasteiger partial charge in [0.2, 0.25) is 0 Å². The van der Waals surface area contributed by atoms with Gasteiger partial charge in [-0.15, -0.1) is 0 Å². The van der Waals surface area contributed by atoms with Gasteiger partial charge in [-0.2, -0.15) is 0 Å². The van der Waals surface area contributed by atoms with Crippen LogP contribution in [0.4, 0.5) is 0 Å². The van der Waals surface area contributed by atoms with Crippen molar-refractivity contribution in [3.8, 4) is 0 Å². The molecule has 0 rings (SSSR count). The van der Waals surface area contributed by atoms with E-state index in [1.807, 2.05) is 0 Å². The van der Waals surface area contributed by atoms with E-state index < -0.39 is 0 Å². The lowest BCUT2D eigenvalue weighted by atomic mass is 9.93. The van der Waals surface area contributed by atoms with Crippen molar-refractivity contribution in [2.75, 3.05) is 20.2 Å². The van der Waals surface area contributed by atoms with Gasteiger partial charge >= 0.3 is 0 Å². The summed E-state index contributed by atoms with van der Waals surface area (Å²) in [4.78, 5) is 2.30. The van der Waals surface area contributed by atoms with Gasteiger partial charge in [0.15, 0.2) is 0 Å². The van der Waals surface area contributed by atoms with Gasteiger partial charge in [0, 0.05) is 24.6 Å². The Hall–Kier alpha value is -0.0800. The Bertz CT molecular complexity index is 123. The average Bonchev–Trinajstić information content (AvgIpc) is 2.02. The van der Waals surface area contributed by atoms with E-state index in [2.05, 4.69) is 39.6 Å². The summed E-state index contributed by atoms with van der Waals surface area (Å²) >= 11 is 0. The number of nitrogens with zero attached hydrogens (tertiary/aromatic N) is 1. The summed E-state index contributed by atoms with van der Waals surface area (Å²) in [5.41, 5.74) is 0.0260. The SMILES string of the molecule is CCC(C)N(C)CC(C)(C)CO. The fraction of sp³-hybridized carbons (Fsp3) is 1.00. The van der Waals surface area contributed by atoms with E-state index in [-0.39, 0.29) is 12.0 Å². The predicted octanol–water partition coefficient (Wildman–Crippen LogP) is 1.74. The van der Waals surface area contributed by atoms with Crippen molar-refractivity contribution in [2.24, 2.45) is 5.41 Å². The van der Waals surface area contributed by atoms with Crippen LogP contribution in [0.3, 0.4) is 0 Å². The van der Waals surface area contributed by atoms with Crippen molar-refractivity contribution in [3.05, 3.63) is 0 Å². The van der Waals surface area contributed by atoms with Gasteiger partial charge in [0.05, 0.1) is 0 Å². The monoisotopic (exact) mass is 173 g/mol.